The van der Waals surface area contributed by atoms with Crippen molar-refractivity contribution in [3.63, 3.8) is 0 Å². The molecule has 32 heavy (non-hydrogen) atoms. The van der Waals surface area contributed by atoms with Gasteiger partial charge in [-0.3, -0.25) is 0 Å². The number of aryl methyl sites for hydroxylation is 1. The van der Waals surface area contributed by atoms with Gasteiger partial charge in [0.25, 0.3) is 0 Å². The number of halogens is 1. The molecule has 4 aromatic rings. The summed E-state index contributed by atoms with van der Waals surface area (Å²) in [5.74, 6) is 1.48. The minimum absolute atomic E-state index is 0.131. The normalized spacial score (nSPS) is 10.7. The predicted molar refractivity (Wildman–Crippen MR) is 124 cm³/mol. The first-order valence-electron chi connectivity index (χ1n) is 10.4. The molecule has 8 nitrogen and oxygen atoms in total. The fraction of sp³-hybridized carbons (Fsp3) is 0.304. The molecule has 0 spiro atoms. The largest absolute Gasteiger partial charge is 0.400 e. The first kappa shape index (κ1) is 23.6. The number of hydrogen-bond acceptors (Lipinski definition) is 6. The van der Waals surface area contributed by atoms with Gasteiger partial charge in [-0.05, 0) is 28.3 Å². The van der Waals surface area contributed by atoms with Crippen LogP contribution < -0.4 is 0 Å². The van der Waals surface area contributed by atoms with Crippen LogP contribution in [0, 0.1) is 0 Å². The number of H-pyrrole nitrogens is 1. The highest BCUT2D eigenvalue weighted by Gasteiger charge is 2.16. The van der Waals surface area contributed by atoms with Crippen molar-refractivity contribution >= 4 is 11.6 Å². The Morgan fingerprint density at radius 3 is 2.38 bits per heavy atom. The molecule has 0 atom stereocenters. The van der Waals surface area contributed by atoms with Gasteiger partial charge in [0.05, 0.1) is 12.3 Å². The molecular weight excluding hydrogens is 428 g/mol. The number of benzene rings is 2. The van der Waals surface area contributed by atoms with E-state index in [9.17, 15) is 5.11 Å². The number of tetrazole rings is 1. The van der Waals surface area contributed by atoms with Gasteiger partial charge in [0.15, 0.2) is 5.15 Å². The van der Waals surface area contributed by atoms with E-state index in [-0.39, 0.29) is 6.61 Å². The molecule has 0 radical (unpaired) electrons. The van der Waals surface area contributed by atoms with Gasteiger partial charge < -0.3 is 14.8 Å². The zero-order chi connectivity index (χ0) is 22.9. The van der Waals surface area contributed by atoms with Gasteiger partial charge in [0.1, 0.15) is 5.82 Å². The summed E-state index contributed by atoms with van der Waals surface area (Å²) in [6.07, 6.45) is 2.95. The van der Waals surface area contributed by atoms with Crippen LogP contribution in [0.5, 0.6) is 0 Å². The van der Waals surface area contributed by atoms with Crippen molar-refractivity contribution in [3.8, 4) is 22.5 Å². The fourth-order valence-corrected chi connectivity index (χ4v) is 3.81. The minimum atomic E-state index is -0.131. The Bertz CT molecular complexity index is 1110. The number of nitrogens with one attached hydrogen (secondary N) is 1. The summed E-state index contributed by atoms with van der Waals surface area (Å²) < 4.78 is 2.03. The summed E-state index contributed by atoms with van der Waals surface area (Å²) in [5.41, 5.74) is 4.80. The average Bonchev–Trinajstić information content (AvgIpc) is 3.48. The summed E-state index contributed by atoms with van der Waals surface area (Å²) in [7, 11) is 1.00. The van der Waals surface area contributed by atoms with Crippen LogP contribution in [0.15, 0.2) is 48.5 Å². The smallest absolute Gasteiger partial charge is 0.205 e. The molecule has 2 heterocycles. The third-order valence-corrected chi connectivity index (χ3v) is 5.43. The summed E-state index contributed by atoms with van der Waals surface area (Å²) >= 11 is 6.26. The van der Waals surface area contributed by atoms with E-state index < -0.39 is 0 Å². The van der Waals surface area contributed by atoms with Crippen molar-refractivity contribution in [1.82, 2.24) is 30.2 Å². The number of aliphatic hydroxyl groups is 2. The van der Waals surface area contributed by atoms with E-state index in [1.165, 1.54) is 0 Å². The molecule has 0 fully saturated rings. The fourth-order valence-electron chi connectivity index (χ4n) is 3.55. The number of aromatic nitrogens is 6. The lowest BCUT2D eigenvalue weighted by Gasteiger charge is -2.12. The Balaban J connectivity index is 0.00000141. The number of unbranched alkanes of at least 4 members (excludes halogenated alkanes) is 1. The monoisotopic (exact) mass is 454 g/mol. The van der Waals surface area contributed by atoms with E-state index in [0.717, 1.165) is 54.5 Å². The minimum Gasteiger partial charge on any atom is -0.400 e. The lowest BCUT2D eigenvalue weighted by atomic mass is 9.98. The van der Waals surface area contributed by atoms with Crippen molar-refractivity contribution in [2.24, 2.45) is 0 Å². The van der Waals surface area contributed by atoms with Crippen LogP contribution in [0.4, 0.5) is 0 Å². The number of hydrogen-bond donors (Lipinski definition) is 3. The lowest BCUT2D eigenvalue weighted by Crippen LogP contribution is -2.09. The second-order valence-electron chi connectivity index (χ2n) is 7.09. The second kappa shape index (κ2) is 11.5. The van der Waals surface area contributed by atoms with Crippen molar-refractivity contribution in [1.29, 1.82) is 0 Å². The maximum atomic E-state index is 9.77. The van der Waals surface area contributed by atoms with E-state index in [4.69, 9.17) is 16.7 Å². The van der Waals surface area contributed by atoms with Crippen molar-refractivity contribution in [2.75, 3.05) is 7.11 Å². The Labute approximate surface area is 191 Å². The zero-order valence-electron chi connectivity index (χ0n) is 18.2. The first-order chi connectivity index (χ1) is 15.7. The third kappa shape index (κ3) is 5.21. The predicted octanol–water partition coefficient (Wildman–Crippen LogP) is 3.88. The topological polar surface area (TPSA) is 113 Å². The zero-order valence-corrected chi connectivity index (χ0v) is 18.9. The summed E-state index contributed by atoms with van der Waals surface area (Å²) in [5, 5.41) is 31.5. The molecule has 0 unspecified atom stereocenters. The van der Waals surface area contributed by atoms with Gasteiger partial charge in [-0.2, -0.15) is 5.21 Å². The molecular formula is C23H27ClN6O2. The van der Waals surface area contributed by atoms with Crippen LogP contribution >= 0.6 is 11.6 Å². The van der Waals surface area contributed by atoms with E-state index in [2.05, 4.69) is 56.8 Å². The van der Waals surface area contributed by atoms with Crippen molar-refractivity contribution in [2.45, 2.75) is 39.3 Å². The molecule has 0 saturated carbocycles. The van der Waals surface area contributed by atoms with Crippen LogP contribution in [0.3, 0.4) is 0 Å². The number of rotatable bonds is 8. The quantitative estimate of drug-likeness (QED) is 0.372. The lowest BCUT2D eigenvalue weighted by molar-refractivity contribution is 0.271. The Morgan fingerprint density at radius 2 is 1.75 bits per heavy atom. The second-order valence-corrected chi connectivity index (χ2v) is 7.45. The maximum absolute atomic E-state index is 9.77. The van der Waals surface area contributed by atoms with Gasteiger partial charge in [-0.25, -0.2) is 4.98 Å². The molecule has 2 aromatic carbocycles. The molecule has 9 heteroatoms. The number of nitrogens with zero attached hydrogens (tertiary/aromatic N) is 5. The molecule has 2 aromatic heterocycles. The third-order valence-electron chi connectivity index (χ3n) is 5.13. The average molecular weight is 455 g/mol. The van der Waals surface area contributed by atoms with Gasteiger partial charge in [0.2, 0.25) is 5.82 Å². The van der Waals surface area contributed by atoms with Crippen molar-refractivity contribution < 1.29 is 10.2 Å². The van der Waals surface area contributed by atoms with E-state index >= 15 is 0 Å². The first-order valence-corrected chi connectivity index (χ1v) is 10.8. The summed E-state index contributed by atoms with van der Waals surface area (Å²) in [6, 6.07) is 16.3. The van der Waals surface area contributed by atoms with E-state index in [1.54, 1.807) is 0 Å². The molecule has 0 saturated heterocycles. The standard InChI is InChI=1S/C22H23ClN6O.CH4O/c1-2-3-8-20-24-21(23)19(14-30)29(20)13-15-9-11-16(12-10-15)17-6-4-5-7-18(17)22-25-27-28-26-22;1-2/h4-7,9-12,30H,2-3,8,13-14H2,1H3,(H,25,26,27,28);2H,1H3. The molecule has 0 aliphatic rings. The highest BCUT2D eigenvalue weighted by molar-refractivity contribution is 6.30. The molecule has 0 amide bonds. The molecule has 0 bridgehead atoms. The Hall–Kier alpha value is -3.07. The maximum Gasteiger partial charge on any atom is 0.205 e. The van der Waals surface area contributed by atoms with Crippen LogP contribution in [-0.2, 0) is 19.6 Å². The SMILES string of the molecule is CCCCc1nc(Cl)c(CO)n1Cc1ccc(-c2ccccc2-c2nn[nH]n2)cc1.CO. The van der Waals surface area contributed by atoms with Gasteiger partial charge in [-0.15, -0.1) is 10.2 Å². The van der Waals surface area contributed by atoms with E-state index in [0.29, 0.717) is 23.2 Å². The number of aliphatic hydroxyl groups excluding tert-OH is 2. The highest BCUT2D eigenvalue weighted by atomic mass is 35.5. The van der Waals surface area contributed by atoms with Crippen LogP contribution in [-0.4, -0.2) is 47.5 Å². The summed E-state index contributed by atoms with van der Waals surface area (Å²) in [4.78, 5) is 4.47. The summed E-state index contributed by atoms with van der Waals surface area (Å²) in [6.45, 7) is 2.63. The van der Waals surface area contributed by atoms with Crippen LogP contribution in [0.1, 0.15) is 36.8 Å². The Kier molecular flexibility index (Phi) is 8.49. The molecule has 168 valence electrons. The Morgan fingerprint density at radius 1 is 1.03 bits per heavy atom. The number of imidazole rings is 1. The van der Waals surface area contributed by atoms with Crippen LogP contribution in [0.25, 0.3) is 22.5 Å². The van der Waals surface area contributed by atoms with E-state index in [1.807, 2.05) is 28.8 Å². The molecule has 3 N–H and O–H groups in total. The molecule has 0 aliphatic carbocycles. The van der Waals surface area contributed by atoms with Gasteiger partial charge >= 0.3 is 0 Å². The number of aromatic amines is 1. The molecule has 4 rings (SSSR count). The van der Waals surface area contributed by atoms with Gasteiger partial charge in [0, 0.05) is 25.6 Å². The van der Waals surface area contributed by atoms with Crippen LogP contribution in [0.2, 0.25) is 5.15 Å². The molecule has 0 aliphatic heterocycles. The highest BCUT2D eigenvalue weighted by Crippen LogP contribution is 2.30. The van der Waals surface area contributed by atoms with Crippen molar-refractivity contribution in [3.05, 3.63) is 70.8 Å². The van der Waals surface area contributed by atoms with Gasteiger partial charge in [-0.1, -0.05) is 73.5 Å².